The molecule has 140 valence electrons. The predicted molar refractivity (Wildman–Crippen MR) is 106 cm³/mol. The smallest absolute Gasteiger partial charge is 0.407 e. The van der Waals surface area contributed by atoms with Gasteiger partial charge in [-0.25, -0.2) is 9.78 Å². The Morgan fingerprint density at radius 3 is 2.46 bits per heavy atom. The maximum atomic E-state index is 11.9. The van der Waals surface area contributed by atoms with E-state index >= 15 is 0 Å². The highest BCUT2D eigenvalue weighted by atomic mass is 16.6. The van der Waals surface area contributed by atoms with Crippen LogP contribution in [-0.2, 0) is 4.74 Å². The number of fused-ring (bicyclic) bond motifs is 1. The van der Waals surface area contributed by atoms with E-state index in [0.717, 1.165) is 37.0 Å². The van der Waals surface area contributed by atoms with Crippen LogP contribution in [0.3, 0.4) is 0 Å². The molecule has 0 unspecified atom stereocenters. The molecule has 1 aromatic heterocycles. The molecule has 1 amide bonds. The number of pyridine rings is 1. The topological polar surface area (TPSA) is 63.2 Å². The number of alkyl carbamates (subject to hydrolysis) is 1. The van der Waals surface area contributed by atoms with Crippen molar-refractivity contribution in [2.75, 3.05) is 5.32 Å². The molecule has 1 aromatic carbocycles. The Morgan fingerprint density at radius 2 is 1.77 bits per heavy atom. The summed E-state index contributed by atoms with van der Waals surface area (Å²) in [6, 6.07) is 10.9. The van der Waals surface area contributed by atoms with E-state index in [1.54, 1.807) is 0 Å². The number of carbonyl (C=O) groups is 1. The average molecular weight is 355 g/mol. The molecular weight excluding hydrogens is 326 g/mol. The molecule has 0 atom stereocenters. The highest BCUT2D eigenvalue weighted by Gasteiger charge is 2.25. The fourth-order valence-corrected chi connectivity index (χ4v) is 3.49. The number of hydrogen-bond donors (Lipinski definition) is 2. The summed E-state index contributed by atoms with van der Waals surface area (Å²) in [6.07, 6.45) is 3.59. The van der Waals surface area contributed by atoms with Crippen molar-refractivity contribution in [1.82, 2.24) is 10.3 Å². The van der Waals surface area contributed by atoms with Crippen LogP contribution in [0.1, 0.15) is 52.0 Å². The van der Waals surface area contributed by atoms with Crippen molar-refractivity contribution in [1.29, 1.82) is 0 Å². The molecule has 1 heterocycles. The molecule has 1 saturated carbocycles. The van der Waals surface area contributed by atoms with Gasteiger partial charge in [0.25, 0.3) is 0 Å². The number of benzene rings is 1. The lowest BCUT2D eigenvalue weighted by Crippen LogP contribution is -2.42. The number of anilines is 1. The zero-order valence-corrected chi connectivity index (χ0v) is 16.1. The summed E-state index contributed by atoms with van der Waals surface area (Å²) < 4.78 is 5.34. The minimum absolute atomic E-state index is 0.189. The molecule has 0 bridgehead atoms. The molecule has 0 spiro atoms. The van der Waals surface area contributed by atoms with Gasteiger partial charge in [0.1, 0.15) is 11.4 Å². The predicted octanol–water partition coefficient (Wildman–Crippen LogP) is 4.79. The van der Waals surface area contributed by atoms with Gasteiger partial charge in [-0.3, -0.25) is 0 Å². The van der Waals surface area contributed by atoms with Gasteiger partial charge in [0.05, 0.1) is 5.52 Å². The standard InChI is InChI=1S/C21H29N3O2/c1-14-13-19(24-18-8-6-5-7-17(14)18)22-15-9-11-16(12-10-15)23-20(25)26-21(2,3)4/h5-8,13,15-16H,9-12H2,1-4H3,(H,22,24)(H,23,25). The second kappa shape index (κ2) is 7.52. The summed E-state index contributed by atoms with van der Waals surface area (Å²) in [5.41, 5.74) is 1.80. The molecule has 1 aliphatic carbocycles. The average Bonchev–Trinajstić information content (AvgIpc) is 2.55. The van der Waals surface area contributed by atoms with Crippen molar-refractivity contribution in [3.8, 4) is 0 Å². The molecule has 1 fully saturated rings. The minimum atomic E-state index is -0.456. The Hall–Kier alpha value is -2.30. The first-order chi connectivity index (χ1) is 12.3. The molecule has 2 N–H and O–H groups in total. The van der Waals surface area contributed by atoms with Crippen LogP contribution in [0.4, 0.5) is 10.6 Å². The van der Waals surface area contributed by atoms with E-state index in [1.807, 2.05) is 32.9 Å². The number of aryl methyl sites for hydroxylation is 1. The van der Waals surface area contributed by atoms with Gasteiger partial charge in [0, 0.05) is 17.5 Å². The Labute approximate surface area is 155 Å². The Balaban J connectivity index is 1.54. The Bertz CT molecular complexity index is 774. The van der Waals surface area contributed by atoms with Crippen LogP contribution in [0.15, 0.2) is 30.3 Å². The van der Waals surface area contributed by atoms with Gasteiger partial charge in [0.2, 0.25) is 0 Å². The third-order valence-electron chi connectivity index (χ3n) is 4.72. The third kappa shape index (κ3) is 4.87. The van der Waals surface area contributed by atoms with Gasteiger partial charge in [-0.2, -0.15) is 0 Å². The highest BCUT2D eigenvalue weighted by molar-refractivity contribution is 5.83. The Morgan fingerprint density at radius 1 is 1.12 bits per heavy atom. The SMILES string of the molecule is Cc1cc(NC2CCC(NC(=O)OC(C)(C)C)CC2)nc2ccccc12. The lowest BCUT2D eigenvalue weighted by atomic mass is 9.91. The minimum Gasteiger partial charge on any atom is -0.444 e. The van der Waals surface area contributed by atoms with E-state index in [4.69, 9.17) is 9.72 Å². The van der Waals surface area contributed by atoms with Crippen molar-refractivity contribution < 1.29 is 9.53 Å². The van der Waals surface area contributed by atoms with Crippen molar-refractivity contribution in [3.05, 3.63) is 35.9 Å². The second-order valence-electron chi connectivity index (χ2n) is 8.18. The zero-order valence-electron chi connectivity index (χ0n) is 16.1. The van der Waals surface area contributed by atoms with E-state index in [1.165, 1.54) is 10.9 Å². The third-order valence-corrected chi connectivity index (χ3v) is 4.72. The fraction of sp³-hybridized carbons (Fsp3) is 0.524. The molecule has 5 heteroatoms. The molecule has 2 aromatic rings. The van der Waals surface area contributed by atoms with Crippen LogP contribution >= 0.6 is 0 Å². The number of amides is 1. The number of ether oxygens (including phenoxy) is 1. The van der Waals surface area contributed by atoms with Gasteiger partial charge in [-0.05, 0) is 71.1 Å². The zero-order chi connectivity index (χ0) is 18.7. The summed E-state index contributed by atoms with van der Waals surface area (Å²) in [6.45, 7) is 7.76. The van der Waals surface area contributed by atoms with E-state index in [9.17, 15) is 4.79 Å². The Kier molecular flexibility index (Phi) is 5.35. The van der Waals surface area contributed by atoms with Crippen LogP contribution in [0.5, 0.6) is 0 Å². The number of nitrogens with one attached hydrogen (secondary N) is 2. The van der Waals surface area contributed by atoms with E-state index < -0.39 is 5.60 Å². The van der Waals surface area contributed by atoms with Crippen LogP contribution in [0.2, 0.25) is 0 Å². The van der Waals surface area contributed by atoms with Crippen LogP contribution < -0.4 is 10.6 Å². The fourth-order valence-electron chi connectivity index (χ4n) is 3.49. The molecular formula is C21H29N3O2. The summed E-state index contributed by atoms with van der Waals surface area (Å²) >= 11 is 0. The highest BCUT2D eigenvalue weighted by Crippen LogP contribution is 2.25. The quantitative estimate of drug-likeness (QED) is 0.831. The van der Waals surface area contributed by atoms with Crippen LogP contribution in [0.25, 0.3) is 10.9 Å². The van der Waals surface area contributed by atoms with Crippen molar-refractivity contribution >= 4 is 22.8 Å². The van der Waals surface area contributed by atoms with E-state index in [0.29, 0.717) is 6.04 Å². The first kappa shape index (κ1) is 18.5. The molecule has 0 radical (unpaired) electrons. The summed E-state index contributed by atoms with van der Waals surface area (Å²) in [7, 11) is 0. The summed E-state index contributed by atoms with van der Waals surface area (Å²) in [5, 5.41) is 7.76. The first-order valence-corrected chi connectivity index (χ1v) is 9.42. The largest absolute Gasteiger partial charge is 0.444 e. The molecule has 5 nitrogen and oxygen atoms in total. The molecule has 0 aliphatic heterocycles. The molecule has 26 heavy (non-hydrogen) atoms. The maximum Gasteiger partial charge on any atom is 0.407 e. The van der Waals surface area contributed by atoms with Gasteiger partial charge in [-0.15, -0.1) is 0 Å². The summed E-state index contributed by atoms with van der Waals surface area (Å²) in [4.78, 5) is 16.6. The van der Waals surface area contributed by atoms with Gasteiger partial charge in [0.15, 0.2) is 0 Å². The molecule has 3 rings (SSSR count). The lowest BCUT2D eigenvalue weighted by Gasteiger charge is -2.30. The van der Waals surface area contributed by atoms with Crippen LogP contribution in [-0.4, -0.2) is 28.8 Å². The van der Waals surface area contributed by atoms with Crippen molar-refractivity contribution in [2.45, 2.75) is 71.1 Å². The normalized spacial score (nSPS) is 20.6. The second-order valence-corrected chi connectivity index (χ2v) is 8.18. The van der Waals surface area contributed by atoms with Gasteiger partial charge < -0.3 is 15.4 Å². The van der Waals surface area contributed by atoms with Crippen LogP contribution in [0, 0.1) is 6.92 Å². The van der Waals surface area contributed by atoms with E-state index in [-0.39, 0.29) is 12.1 Å². The van der Waals surface area contributed by atoms with Gasteiger partial charge >= 0.3 is 6.09 Å². The maximum absolute atomic E-state index is 11.9. The number of para-hydroxylation sites is 1. The number of carbonyl (C=O) groups excluding carboxylic acids is 1. The monoisotopic (exact) mass is 355 g/mol. The number of hydrogen-bond acceptors (Lipinski definition) is 4. The van der Waals surface area contributed by atoms with Crippen molar-refractivity contribution in [3.63, 3.8) is 0 Å². The lowest BCUT2D eigenvalue weighted by molar-refractivity contribution is 0.0492. The first-order valence-electron chi connectivity index (χ1n) is 9.42. The van der Waals surface area contributed by atoms with Gasteiger partial charge in [-0.1, -0.05) is 18.2 Å². The number of aromatic nitrogens is 1. The molecule has 0 saturated heterocycles. The van der Waals surface area contributed by atoms with Crippen molar-refractivity contribution in [2.24, 2.45) is 0 Å². The number of rotatable bonds is 3. The summed E-state index contributed by atoms with van der Waals surface area (Å²) in [5.74, 6) is 0.935. The number of nitrogens with zero attached hydrogens (tertiary/aromatic N) is 1. The molecule has 1 aliphatic rings. The van der Waals surface area contributed by atoms with E-state index in [2.05, 4.69) is 35.8 Å².